The zero-order valence-electron chi connectivity index (χ0n) is 10.8. The topological polar surface area (TPSA) is 72.6 Å². The Hall–Kier alpha value is -1.88. The first-order valence-corrected chi connectivity index (χ1v) is 6.48. The second-order valence-electron chi connectivity index (χ2n) is 5.08. The van der Waals surface area contributed by atoms with Gasteiger partial charge >= 0.3 is 0 Å². The van der Waals surface area contributed by atoms with E-state index in [1.807, 2.05) is 6.92 Å². The van der Waals surface area contributed by atoms with Gasteiger partial charge in [0.1, 0.15) is 0 Å². The highest BCUT2D eigenvalue weighted by Gasteiger charge is 2.41. The Balaban J connectivity index is 1.93. The third-order valence-electron chi connectivity index (χ3n) is 3.85. The SMILES string of the molecule is CC(C1CCCO1)N1C(=O)c2ccc(N)cc2C1=O. The normalized spacial score (nSPS) is 23.8. The molecule has 2 amide bonds. The van der Waals surface area contributed by atoms with Crippen molar-refractivity contribution < 1.29 is 14.3 Å². The number of anilines is 1. The van der Waals surface area contributed by atoms with Crippen molar-refractivity contribution in [2.45, 2.75) is 31.9 Å². The fraction of sp³-hybridized carbons (Fsp3) is 0.429. The maximum absolute atomic E-state index is 12.4. The van der Waals surface area contributed by atoms with Crippen LogP contribution in [0, 0.1) is 0 Å². The number of nitrogens with zero attached hydrogens (tertiary/aromatic N) is 1. The summed E-state index contributed by atoms with van der Waals surface area (Å²) in [6.45, 7) is 2.56. The van der Waals surface area contributed by atoms with E-state index in [1.165, 1.54) is 4.90 Å². The van der Waals surface area contributed by atoms with Crippen LogP contribution in [0.2, 0.25) is 0 Å². The second-order valence-corrected chi connectivity index (χ2v) is 5.08. The molecule has 0 saturated carbocycles. The van der Waals surface area contributed by atoms with Crippen LogP contribution in [0.1, 0.15) is 40.5 Å². The molecule has 2 N–H and O–H groups in total. The largest absolute Gasteiger partial charge is 0.399 e. The number of nitrogens with two attached hydrogens (primary N) is 1. The minimum atomic E-state index is -0.268. The fourth-order valence-electron chi connectivity index (χ4n) is 2.80. The number of rotatable bonds is 2. The minimum absolute atomic E-state index is 0.0560. The van der Waals surface area contributed by atoms with Crippen LogP contribution in [-0.2, 0) is 4.74 Å². The first kappa shape index (κ1) is 12.2. The molecule has 2 atom stereocenters. The maximum Gasteiger partial charge on any atom is 0.261 e. The highest BCUT2D eigenvalue weighted by molar-refractivity contribution is 6.21. The van der Waals surface area contributed by atoms with Crippen LogP contribution in [0.5, 0.6) is 0 Å². The van der Waals surface area contributed by atoms with Crippen molar-refractivity contribution in [3.05, 3.63) is 29.3 Å². The molecular formula is C14H16N2O3. The number of hydrogen-bond donors (Lipinski definition) is 1. The number of benzene rings is 1. The molecular weight excluding hydrogens is 244 g/mol. The Morgan fingerprint density at radius 1 is 1.32 bits per heavy atom. The first-order valence-electron chi connectivity index (χ1n) is 6.48. The summed E-state index contributed by atoms with van der Waals surface area (Å²) >= 11 is 0. The van der Waals surface area contributed by atoms with Crippen LogP contribution in [0.25, 0.3) is 0 Å². The lowest BCUT2D eigenvalue weighted by molar-refractivity contribution is 0.0270. The predicted molar refractivity (Wildman–Crippen MR) is 69.8 cm³/mol. The van der Waals surface area contributed by atoms with E-state index in [-0.39, 0.29) is 24.0 Å². The molecule has 5 heteroatoms. The summed E-state index contributed by atoms with van der Waals surface area (Å²) in [6, 6.07) is 4.59. The van der Waals surface area contributed by atoms with Gasteiger partial charge in [0.15, 0.2) is 0 Å². The van der Waals surface area contributed by atoms with Gasteiger partial charge in [-0.1, -0.05) is 0 Å². The van der Waals surface area contributed by atoms with Crippen LogP contribution in [0.4, 0.5) is 5.69 Å². The van der Waals surface area contributed by atoms with E-state index >= 15 is 0 Å². The van der Waals surface area contributed by atoms with Crippen LogP contribution in [-0.4, -0.2) is 35.5 Å². The van der Waals surface area contributed by atoms with E-state index < -0.39 is 0 Å². The van der Waals surface area contributed by atoms with Gasteiger partial charge in [-0.2, -0.15) is 0 Å². The summed E-state index contributed by atoms with van der Waals surface area (Å²) < 4.78 is 5.58. The molecule has 1 aromatic carbocycles. The summed E-state index contributed by atoms with van der Waals surface area (Å²) in [6.07, 6.45) is 1.81. The lowest BCUT2D eigenvalue weighted by Gasteiger charge is -2.27. The monoisotopic (exact) mass is 260 g/mol. The van der Waals surface area contributed by atoms with E-state index in [0.29, 0.717) is 23.4 Å². The molecule has 100 valence electrons. The Morgan fingerprint density at radius 3 is 2.74 bits per heavy atom. The summed E-state index contributed by atoms with van der Waals surface area (Å²) in [4.78, 5) is 26.0. The number of nitrogen functional groups attached to an aromatic ring is 1. The molecule has 0 radical (unpaired) electrons. The lowest BCUT2D eigenvalue weighted by atomic mass is 10.1. The predicted octanol–water partition coefficient (Wildman–Crippen LogP) is 1.43. The van der Waals surface area contributed by atoms with Gasteiger partial charge in [0, 0.05) is 12.3 Å². The standard InChI is InChI=1S/C14H16N2O3/c1-8(12-3-2-6-19-12)16-13(17)10-5-4-9(15)7-11(10)14(16)18/h4-5,7-8,12H,2-3,6,15H2,1H3. The van der Waals surface area contributed by atoms with Crippen LogP contribution >= 0.6 is 0 Å². The van der Waals surface area contributed by atoms with E-state index in [0.717, 1.165) is 12.8 Å². The fourth-order valence-corrected chi connectivity index (χ4v) is 2.80. The Bertz CT molecular complexity index is 550. The van der Waals surface area contributed by atoms with Crippen molar-refractivity contribution in [1.82, 2.24) is 4.90 Å². The molecule has 5 nitrogen and oxygen atoms in total. The highest BCUT2D eigenvalue weighted by Crippen LogP contribution is 2.29. The van der Waals surface area contributed by atoms with E-state index in [1.54, 1.807) is 18.2 Å². The van der Waals surface area contributed by atoms with Gasteiger partial charge in [0.25, 0.3) is 11.8 Å². The summed E-state index contributed by atoms with van der Waals surface area (Å²) in [7, 11) is 0. The van der Waals surface area contributed by atoms with Crippen molar-refractivity contribution in [3.8, 4) is 0 Å². The number of amides is 2. The molecule has 1 saturated heterocycles. The van der Waals surface area contributed by atoms with Gasteiger partial charge in [0.2, 0.25) is 0 Å². The van der Waals surface area contributed by atoms with Crippen molar-refractivity contribution >= 4 is 17.5 Å². The number of ether oxygens (including phenoxy) is 1. The number of hydrogen-bond acceptors (Lipinski definition) is 4. The molecule has 2 unspecified atom stereocenters. The highest BCUT2D eigenvalue weighted by atomic mass is 16.5. The zero-order chi connectivity index (χ0) is 13.6. The Kier molecular flexibility index (Phi) is 2.78. The molecule has 1 aromatic rings. The van der Waals surface area contributed by atoms with E-state index in [2.05, 4.69) is 0 Å². The summed E-state index contributed by atoms with van der Waals surface area (Å²) in [5.74, 6) is -0.515. The van der Waals surface area contributed by atoms with Gasteiger partial charge < -0.3 is 10.5 Å². The minimum Gasteiger partial charge on any atom is -0.399 e. The number of carbonyl (C=O) groups is 2. The quantitative estimate of drug-likeness (QED) is 0.645. The smallest absolute Gasteiger partial charge is 0.261 e. The number of fused-ring (bicyclic) bond motifs is 1. The third-order valence-corrected chi connectivity index (χ3v) is 3.85. The third kappa shape index (κ3) is 1.81. The number of carbonyl (C=O) groups excluding carboxylic acids is 2. The first-order chi connectivity index (χ1) is 9.09. The van der Waals surface area contributed by atoms with Crippen LogP contribution < -0.4 is 5.73 Å². The Morgan fingerprint density at radius 2 is 2.05 bits per heavy atom. The van der Waals surface area contributed by atoms with Crippen molar-refractivity contribution in [2.24, 2.45) is 0 Å². The van der Waals surface area contributed by atoms with Crippen molar-refractivity contribution in [1.29, 1.82) is 0 Å². The molecule has 0 aromatic heterocycles. The van der Waals surface area contributed by atoms with Gasteiger partial charge in [0.05, 0.1) is 23.3 Å². The molecule has 3 rings (SSSR count). The molecule has 1 fully saturated rings. The summed E-state index contributed by atoms with van der Waals surface area (Å²) in [5.41, 5.74) is 7.00. The average Bonchev–Trinajstić information content (AvgIpc) is 2.98. The maximum atomic E-state index is 12.4. The van der Waals surface area contributed by atoms with Crippen molar-refractivity contribution in [2.75, 3.05) is 12.3 Å². The van der Waals surface area contributed by atoms with E-state index in [9.17, 15) is 9.59 Å². The lowest BCUT2D eigenvalue weighted by Crippen LogP contribution is -2.44. The molecule has 19 heavy (non-hydrogen) atoms. The van der Waals surface area contributed by atoms with E-state index in [4.69, 9.17) is 10.5 Å². The molecule has 2 aliphatic heterocycles. The van der Waals surface area contributed by atoms with Gasteiger partial charge in [-0.05, 0) is 38.0 Å². The molecule has 2 heterocycles. The molecule has 2 aliphatic rings. The van der Waals surface area contributed by atoms with Crippen LogP contribution in [0.15, 0.2) is 18.2 Å². The Labute approximate surface area is 111 Å². The van der Waals surface area contributed by atoms with Gasteiger partial charge in [-0.3, -0.25) is 14.5 Å². The average molecular weight is 260 g/mol. The zero-order valence-corrected chi connectivity index (χ0v) is 10.8. The molecule has 0 bridgehead atoms. The van der Waals surface area contributed by atoms with Crippen LogP contribution in [0.3, 0.4) is 0 Å². The molecule has 0 spiro atoms. The number of imide groups is 1. The molecule has 0 aliphatic carbocycles. The van der Waals surface area contributed by atoms with Gasteiger partial charge in [-0.25, -0.2) is 0 Å². The summed E-state index contributed by atoms with van der Waals surface area (Å²) in [5, 5.41) is 0. The van der Waals surface area contributed by atoms with Gasteiger partial charge in [-0.15, -0.1) is 0 Å². The van der Waals surface area contributed by atoms with Crippen molar-refractivity contribution in [3.63, 3.8) is 0 Å². The second kappa shape index (κ2) is 4.35.